The molecule has 1 nitrogen and oxygen atoms in total. The predicted molar refractivity (Wildman–Crippen MR) is 54.2 cm³/mol. The number of rotatable bonds is 2. The summed E-state index contributed by atoms with van der Waals surface area (Å²) in [5.74, 6) is -4.78. The predicted octanol–water partition coefficient (Wildman–Crippen LogP) is 3.58. The summed E-state index contributed by atoms with van der Waals surface area (Å²) >= 11 is 5.84. The maximum atomic E-state index is 13.2. The number of benzene rings is 1. The van der Waals surface area contributed by atoms with Gasteiger partial charge in [-0.25, -0.2) is 8.78 Å². The average molecular weight is 352 g/mol. The van der Waals surface area contributed by atoms with E-state index >= 15 is 0 Å². The highest BCUT2D eigenvalue weighted by atomic mass is 127. The Balaban J connectivity index is 3.38. The van der Waals surface area contributed by atoms with E-state index in [0.29, 0.717) is 0 Å². The molecule has 0 bridgehead atoms. The summed E-state index contributed by atoms with van der Waals surface area (Å²) in [5, 5.41) is -4.31. The molecule has 1 aromatic rings. The number of hydrogen-bond donors (Lipinski definition) is 0. The molecule has 0 saturated heterocycles. The van der Waals surface area contributed by atoms with Gasteiger partial charge >= 0.3 is 5.38 Å². The molecule has 0 radical (unpaired) electrons. The molecule has 0 aliphatic rings. The lowest BCUT2D eigenvalue weighted by atomic mass is 10.1. The van der Waals surface area contributed by atoms with E-state index in [4.69, 9.17) is 0 Å². The van der Waals surface area contributed by atoms with E-state index in [0.717, 1.165) is 12.1 Å². The van der Waals surface area contributed by atoms with Gasteiger partial charge in [-0.1, -0.05) is 0 Å². The van der Waals surface area contributed by atoms with Gasteiger partial charge in [0.25, 0.3) is 5.78 Å². The van der Waals surface area contributed by atoms with Crippen molar-refractivity contribution < 1.29 is 22.4 Å². The molecule has 0 spiro atoms. The second kappa shape index (κ2) is 4.25. The van der Waals surface area contributed by atoms with Gasteiger partial charge in [-0.15, -0.1) is 0 Å². The van der Waals surface area contributed by atoms with Gasteiger partial charge in [0.05, 0.1) is 5.56 Å². The van der Waals surface area contributed by atoms with E-state index in [1.165, 1.54) is 22.6 Å². The standard InChI is InChI=1S/C8H2ClF4IO/c9-8(12,13)7(15)5-3(10)1-2-4(14)6(5)11/h1-2H. The summed E-state index contributed by atoms with van der Waals surface area (Å²) in [4.78, 5) is 10.9. The molecular formula is C8H2ClF4IO. The molecule has 1 rings (SSSR count). The molecule has 0 N–H and O–H groups in total. The number of hydrogen-bond acceptors (Lipinski definition) is 1. The zero-order valence-electron chi connectivity index (χ0n) is 6.83. The summed E-state index contributed by atoms with van der Waals surface area (Å²) in [6, 6.07) is 1.75. The van der Waals surface area contributed by atoms with Crippen molar-refractivity contribution in [3.63, 3.8) is 0 Å². The van der Waals surface area contributed by atoms with E-state index in [2.05, 4.69) is 11.6 Å². The highest BCUT2D eigenvalue weighted by Gasteiger charge is 2.40. The van der Waals surface area contributed by atoms with Crippen LogP contribution in [0.15, 0.2) is 12.1 Å². The smallest absolute Gasteiger partial charge is 0.286 e. The van der Waals surface area contributed by atoms with Gasteiger partial charge in [0.2, 0.25) is 0 Å². The van der Waals surface area contributed by atoms with E-state index < -0.39 is 28.4 Å². The normalized spacial score (nSPS) is 11.6. The van der Waals surface area contributed by atoms with Crippen molar-refractivity contribution in [3.8, 4) is 0 Å². The van der Waals surface area contributed by atoms with Crippen LogP contribution in [0.4, 0.5) is 17.6 Å². The van der Waals surface area contributed by atoms with Crippen molar-refractivity contribution in [1.82, 2.24) is 0 Å². The lowest BCUT2D eigenvalue weighted by Gasteiger charge is -2.09. The fourth-order valence-electron chi connectivity index (χ4n) is 0.877. The number of carbonyl (C=O) groups excluding carboxylic acids is 1. The van der Waals surface area contributed by atoms with Crippen molar-refractivity contribution in [2.24, 2.45) is 0 Å². The van der Waals surface area contributed by atoms with Crippen LogP contribution >= 0.6 is 34.2 Å². The number of ketones is 1. The molecule has 0 atom stereocenters. The Morgan fingerprint density at radius 3 is 2.33 bits per heavy atom. The van der Waals surface area contributed by atoms with Crippen LogP contribution in [0.25, 0.3) is 0 Å². The molecule has 15 heavy (non-hydrogen) atoms. The minimum atomic E-state index is -4.31. The van der Waals surface area contributed by atoms with E-state index in [-0.39, 0.29) is 3.57 Å². The fourth-order valence-corrected chi connectivity index (χ4v) is 1.42. The van der Waals surface area contributed by atoms with Gasteiger partial charge in [-0.2, -0.15) is 8.78 Å². The molecular weight excluding hydrogens is 350 g/mol. The van der Waals surface area contributed by atoms with Crippen molar-refractivity contribution in [3.05, 3.63) is 32.9 Å². The van der Waals surface area contributed by atoms with Crippen LogP contribution in [0.2, 0.25) is 0 Å². The zero-order chi connectivity index (χ0) is 11.8. The van der Waals surface area contributed by atoms with Crippen LogP contribution in [-0.2, 0) is 0 Å². The van der Waals surface area contributed by atoms with Gasteiger partial charge in [-0.3, -0.25) is 4.79 Å². The molecule has 0 heterocycles. The molecule has 0 unspecified atom stereocenters. The molecule has 0 fully saturated rings. The first-order valence-corrected chi connectivity index (χ1v) is 4.96. The van der Waals surface area contributed by atoms with Gasteiger partial charge in [0, 0.05) is 3.57 Å². The minimum Gasteiger partial charge on any atom is -0.286 e. The van der Waals surface area contributed by atoms with Gasteiger partial charge in [0.15, 0.2) is 5.82 Å². The summed E-state index contributed by atoms with van der Waals surface area (Å²) in [6.07, 6.45) is 0. The molecule has 1 aromatic carbocycles. The van der Waals surface area contributed by atoms with E-state index in [9.17, 15) is 22.4 Å². The molecule has 0 aliphatic carbocycles. The van der Waals surface area contributed by atoms with E-state index in [1.54, 1.807) is 0 Å². The van der Waals surface area contributed by atoms with E-state index in [1.807, 2.05) is 0 Å². The SMILES string of the molecule is O=C(c1c(F)ccc(I)c1F)C(F)(F)Cl. The topological polar surface area (TPSA) is 17.1 Å². The Bertz CT molecular complexity index is 416. The second-order valence-corrected chi connectivity index (χ2v) is 4.18. The highest BCUT2D eigenvalue weighted by Crippen LogP contribution is 2.28. The van der Waals surface area contributed by atoms with Crippen molar-refractivity contribution in [1.29, 1.82) is 0 Å². The number of Topliss-reactive ketones (excluding diaryl/α,β-unsaturated/α-hetero) is 1. The van der Waals surface area contributed by atoms with Crippen LogP contribution in [-0.4, -0.2) is 11.2 Å². The first-order chi connectivity index (χ1) is 6.75. The number of carbonyl (C=O) groups is 1. The van der Waals surface area contributed by atoms with Crippen molar-refractivity contribution >= 4 is 40.0 Å². The lowest BCUT2D eigenvalue weighted by Crippen LogP contribution is -2.24. The van der Waals surface area contributed by atoms with Gasteiger partial charge < -0.3 is 0 Å². The summed E-state index contributed by atoms with van der Waals surface area (Å²) in [7, 11) is 0. The Hall–Kier alpha value is -0.370. The highest BCUT2D eigenvalue weighted by molar-refractivity contribution is 14.1. The van der Waals surface area contributed by atoms with Crippen LogP contribution in [0.1, 0.15) is 10.4 Å². The monoisotopic (exact) mass is 352 g/mol. The summed E-state index contributed by atoms with van der Waals surface area (Å²) in [6.45, 7) is 0. The molecule has 0 saturated carbocycles. The Morgan fingerprint density at radius 1 is 1.33 bits per heavy atom. The largest absolute Gasteiger partial charge is 0.385 e. The van der Waals surface area contributed by atoms with Crippen LogP contribution in [0, 0.1) is 15.2 Å². The number of halogens is 6. The van der Waals surface area contributed by atoms with Gasteiger partial charge in [0.1, 0.15) is 5.82 Å². The maximum Gasteiger partial charge on any atom is 0.385 e. The van der Waals surface area contributed by atoms with Crippen molar-refractivity contribution in [2.45, 2.75) is 5.38 Å². The Kier molecular flexibility index (Phi) is 3.59. The van der Waals surface area contributed by atoms with Crippen LogP contribution in [0.5, 0.6) is 0 Å². The lowest BCUT2D eigenvalue weighted by molar-refractivity contribution is 0.0526. The minimum absolute atomic E-state index is 0.140. The van der Waals surface area contributed by atoms with Crippen LogP contribution < -0.4 is 0 Å². The van der Waals surface area contributed by atoms with Gasteiger partial charge in [-0.05, 0) is 46.3 Å². The molecule has 0 aliphatic heterocycles. The quantitative estimate of drug-likeness (QED) is 0.261. The molecule has 0 aromatic heterocycles. The first-order valence-electron chi connectivity index (χ1n) is 3.50. The average Bonchev–Trinajstić information content (AvgIpc) is 2.10. The maximum absolute atomic E-state index is 13.2. The third-order valence-electron chi connectivity index (χ3n) is 1.53. The molecule has 7 heteroatoms. The Labute approximate surface area is 101 Å². The first kappa shape index (κ1) is 12.7. The second-order valence-electron chi connectivity index (χ2n) is 2.55. The zero-order valence-corrected chi connectivity index (χ0v) is 9.74. The molecule has 82 valence electrons. The summed E-state index contributed by atoms with van der Waals surface area (Å²) < 4.78 is 50.7. The fraction of sp³-hybridized carbons (Fsp3) is 0.125. The molecule has 0 amide bonds. The summed E-state index contributed by atoms with van der Waals surface area (Å²) in [5.41, 5.74) is -1.32. The Morgan fingerprint density at radius 2 is 1.87 bits per heavy atom. The van der Waals surface area contributed by atoms with Crippen LogP contribution in [0.3, 0.4) is 0 Å². The third kappa shape index (κ3) is 2.60. The van der Waals surface area contributed by atoms with Crippen molar-refractivity contribution in [2.75, 3.05) is 0 Å². The number of alkyl halides is 3. The third-order valence-corrected chi connectivity index (χ3v) is 2.53.